The van der Waals surface area contributed by atoms with Crippen LogP contribution < -0.4 is 5.73 Å². The summed E-state index contributed by atoms with van der Waals surface area (Å²) >= 11 is 0. The minimum atomic E-state index is -0.360. The Bertz CT molecular complexity index is 648. The number of nitrogens with two attached hydrogens (primary N) is 1. The molecule has 0 radical (unpaired) electrons. The van der Waals surface area contributed by atoms with Crippen LogP contribution >= 0.6 is 0 Å². The smallest absolute Gasteiger partial charge is 0.276 e. The van der Waals surface area contributed by atoms with E-state index in [4.69, 9.17) is 5.73 Å². The first-order chi connectivity index (χ1) is 10.1. The fourth-order valence-corrected chi connectivity index (χ4v) is 2.37. The third-order valence-electron chi connectivity index (χ3n) is 3.61. The molecular formula is C14H16FN5O. The molecule has 110 valence electrons. The Morgan fingerprint density at radius 1 is 1.33 bits per heavy atom. The number of amides is 1. The lowest BCUT2D eigenvalue weighted by molar-refractivity contribution is 0.0708. The highest BCUT2D eigenvalue weighted by atomic mass is 19.1. The molecule has 1 aromatic heterocycles. The summed E-state index contributed by atoms with van der Waals surface area (Å²) in [6.45, 7) is 1.26. The molecule has 1 amide bonds. The highest BCUT2D eigenvalue weighted by Crippen LogP contribution is 2.13. The number of hydrogen-bond acceptors (Lipinski definition) is 4. The van der Waals surface area contributed by atoms with Crippen LogP contribution in [0.15, 0.2) is 30.5 Å². The number of piperidine rings is 1. The lowest BCUT2D eigenvalue weighted by Crippen LogP contribution is -2.43. The van der Waals surface area contributed by atoms with Gasteiger partial charge in [0.05, 0.1) is 11.9 Å². The van der Waals surface area contributed by atoms with Crippen LogP contribution in [0.1, 0.15) is 23.3 Å². The SMILES string of the molecule is NC1CCN(C(=O)c2cn(-c3cccc(F)c3)nn2)CC1. The van der Waals surface area contributed by atoms with E-state index in [1.54, 1.807) is 17.0 Å². The van der Waals surface area contributed by atoms with Gasteiger partial charge in [-0.25, -0.2) is 9.07 Å². The van der Waals surface area contributed by atoms with Gasteiger partial charge < -0.3 is 10.6 Å². The molecule has 2 heterocycles. The van der Waals surface area contributed by atoms with Gasteiger partial charge in [-0.1, -0.05) is 11.3 Å². The van der Waals surface area contributed by atoms with E-state index >= 15 is 0 Å². The monoisotopic (exact) mass is 289 g/mol. The first-order valence-electron chi connectivity index (χ1n) is 6.86. The van der Waals surface area contributed by atoms with Crippen LogP contribution in [0, 0.1) is 5.82 Å². The van der Waals surface area contributed by atoms with Crippen molar-refractivity contribution in [2.45, 2.75) is 18.9 Å². The largest absolute Gasteiger partial charge is 0.337 e. The molecule has 1 aliphatic rings. The van der Waals surface area contributed by atoms with Crippen molar-refractivity contribution in [3.63, 3.8) is 0 Å². The van der Waals surface area contributed by atoms with Gasteiger partial charge in [-0.15, -0.1) is 5.10 Å². The maximum Gasteiger partial charge on any atom is 0.276 e. The quantitative estimate of drug-likeness (QED) is 0.893. The molecule has 0 aliphatic carbocycles. The van der Waals surface area contributed by atoms with E-state index < -0.39 is 0 Å². The highest BCUT2D eigenvalue weighted by Gasteiger charge is 2.23. The van der Waals surface area contributed by atoms with Crippen molar-refractivity contribution < 1.29 is 9.18 Å². The Morgan fingerprint density at radius 2 is 2.10 bits per heavy atom. The van der Waals surface area contributed by atoms with Crippen molar-refractivity contribution >= 4 is 5.91 Å². The molecule has 3 rings (SSSR count). The molecule has 21 heavy (non-hydrogen) atoms. The Labute approximate surface area is 121 Å². The van der Waals surface area contributed by atoms with E-state index in [0.29, 0.717) is 18.8 Å². The average molecular weight is 289 g/mol. The molecule has 0 spiro atoms. The van der Waals surface area contributed by atoms with Gasteiger partial charge in [0.15, 0.2) is 5.69 Å². The van der Waals surface area contributed by atoms with Crippen molar-refractivity contribution in [2.24, 2.45) is 5.73 Å². The predicted octanol–water partition coefficient (Wildman–Crippen LogP) is 0.970. The Kier molecular flexibility index (Phi) is 3.66. The fourth-order valence-electron chi connectivity index (χ4n) is 2.37. The lowest BCUT2D eigenvalue weighted by Gasteiger charge is -2.29. The number of likely N-dealkylation sites (tertiary alicyclic amines) is 1. The standard InChI is InChI=1S/C14H16FN5O/c15-10-2-1-3-12(8-10)20-9-13(17-18-20)14(21)19-6-4-11(16)5-7-19/h1-3,8-9,11H,4-7,16H2. The van der Waals surface area contributed by atoms with E-state index in [-0.39, 0.29) is 23.5 Å². The van der Waals surface area contributed by atoms with E-state index in [2.05, 4.69) is 10.3 Å². The van der Waals surface area contributed by atoms with Crippen molar-refractivity contribution in [1.82, 2.24) is 19.9 Å². The second-order valence-corrected chi connectivity index (χ2v) is 5.16. The number of nitrogens with zero attached hydrogens (tertiary/aromatic N) is 4. The molecule has 2 aromatic rings. The van der Waals surface area contributed by atoms with Crippen LogP contribution in [0.2, 0.25) is 0 Å². The minimum absolute atomic E-state index is 0.162. The van der Waals surface area contributed by atoms with Crippen molar-refractivity contribution in [1.29, 1.82) is 0 Å². The predicted molar refractivity (Wildman–Crippen MR) is 74.4 cm³/mol. The van der Waals surface area contributed by atoms with E-state index in [9.17, 15) is 9.18 Å². The Balaban J connectivity index is 1.77. The number of rotatable bonds is 2. The van der Waals surface area contributed by atoms with Crippen LogP contribution in [-0.2, 0) is 0 Å². The maximum atomic E-state index is 13.2. The average Bonchev–Trinajstić information content (AvgIpc) is 2.97. The summed E-state index contributed by atoms with van der Waals surface area (Å²) in [5.41, 5.74) is 6.61. The third kappa shape index (κ3) is 2.92. The number of hydrogen-bond donors (Lipinski definition) is 1. The molecular weight excluding hydrogens is 273 g/mol. The molecule has 1 aliphatic heterocycles. The summed E-state index contributed by atoms with van der Waals surface area (Å²) in [5, 5.41) is 7.77. The summed E-state index contributed by atoms with van der Waals surface area (Å²) in [5.74, 6) is -0.523. The van der Waals surface area contributed by atoms with Gasteiger partial charge in [0.1, 0.15) is 5.82 Å². The number of carbonyl (C=O) groups is 1. The summed E-state index contributed by atoms with van der Waals surface area (Å²) in [7, 11) is 0. The molecule has 7 heteroatoms. The van der Waals surface area contributed by atoms with Crippen LogP contribution in [0.4, 0.5) is 4.39 Å². The first-order valence-corrected chi connectivity index (χ1v) is 6.86. The van der Waals surface area contributed by atoms with Gasteiger partial charge >= 0.3 is 0 Å². The third-order valence-corrected chi connectivity index (χ3v) is 3.61. The molecule has 1 fully saturated rings. The summed E-state index contributed by atoms with van der Waals surface area (Å²) in [6, 6.07) is 6.13. The second-order valence-electron chi connectivity index (χ2n) is 5.16. The van der Waals surface area contributed by atoms with Crippen molar-refractivity contribution in [3.05, 3.63) is 42.0 Å². The van der Waals surface area contributed by atoms with Crippen LogP contribution in [0.25, 0.3) is 5.69 Å². The number of halogens is 1. The minimum Gasteiger partial charge on any atom is -0.337 e. The number of benzene rings is 1. The summed E-state index contributed by atoms with van der Waals surface area (Å²) in [4.78, 5) is 14.0. The van der Waals surface area contributed by atoms with Crippen molar-refractivity contribution in [2.75, 3.05) is 13.1 Å². The molecule has 1 aromatic carbocycles. The van der Waals surface area contributed by atoms with E-state index in [0.717, 1.165) is 12.8 Å². The zero-order valence-electron chi connectivity index (χ0n) is 11.4. The molecule has 0 atom stereocenters. The maximum absolute atomic E-state index is 13.2. The zero-order chi connectivity index (χ0) is 14.8. The number of carbonyl (C=O) groups excluding carboxylic acids is 1. The molecule has 6 nitrogen and oxygen atoms in total. The van der Waals surface area contributed by atoms with E-state index in [1.807, 2.05) is 0 Å². The van der Waals surface area contributed by atoms with Gasteiger partial charge in [-0.3, -0.25) is 4.79 Å². The van der Waals surface area contributed by atoms with Crippen molar-refractivity contribution in [3.8, 4) is 5.69 Å². The normalized spacial score (nSPS) is 16.2. The topological polar surface area (TPSA) is 77.0 Å². The first kappa shape index (κ1) is 13.7. The molecule has 1 saturated heterocycles. The molecule has 0 saturated carbocycles. The van der Waals surface area contributed by atoms with Gasteiger partial charge in [-0.2, -0.15) is 0 Å². The second kappa shape index (κ2) is 5.61. The van der Waals surface area contributed by atoms with Crippen LogP contribution in [0.5, 0.6) is 0 Å². The van der Waals surface area contributed by atoms with E-state index in [1.165, 1.54) is 23.0 Å². The van der Waals surface area contributed by atoms with Gasteiger partial charge in [0, 0.05) is 19.1 Å². The summed E-state index contributed by atoms with van der Waals surface area (Å²) in [6.07, 6.45) is 3.11. The number of aromatic nitrogens is 3. The molecule has 0 bridgehead atoms. The highest BCUT2D eigenvalue weighted by molar-refractivity contribution is 5.92. The Hall–Kier alpha value is -2.28. The molecule has 2 N–H and O–H groups in total. The zero-order valence-corrected chi connectivity index (χ0v) is 11.4. The Morgan fingerprint density at radius 3 is 2.81 bits per heavy atom. The van der Waals surface area contributed by atoms with Gasteiger partial charge in [-0.05, 0) is 31.0 Å². The van der Waals surface area contributed by atoms with Gasteiger partial charge in [0.2, 0.25) is 0 Å². The fraction of sp³-hybridized carbons (Fsp3) is 0.357. The van der Waals surface area contributed by atoms with Crippen LogP contribution in [-0.4, -0.2) is 44.9 Å². The van der Waals surface area contributed by atoms with Gasteiger partial charge in [0.25, 0.3) is 5.91 Å². The van der Waals surface area contributed by atoms with Crippen LogP contribution in [0.3, 0.4) is 0 Å². The summed E-state index contributed by atoms with van der Waals surface area (Å²) < 4.78 is 14.6. The lowest BCUT2D eigenvalue weighted by atomic mass is 10.1. The molecule has 0 unspecified atom stereocenters.